The second-order valence-corrected chi connectivity index (χ2v) is 8.96. The van der Waals surface area contributed by atoms with Crippen LogP contribution in [0.3, 0.4) is 0 Å². The van der Waals surface area contributed by atoms with Crippen LogP contribution in [0.25, 0.3) is 10.8 Å². The van der Waals surface area contributed by atoms with Gasteiger partial charge in [-0.2, -0.15) is 8.42 Å². The van der Waals surface area contributed by atoms with Gasteiger partial charge in [0.1, 0.15) is 4.90 Å². The van der Waals surface area contributed by atoms with Gasteiger partial charge in [-0.3, -0.25) is 0 Å². The van der Waals surface area contributed by atoms with Gasteiger partial charge in [0, 0.05) is 10.9 Å². The van der Waals surface area contributed by atoms with Crippen LogP contribution in [0.5, 0.6) is 11.5 Å². The third-order valence-corrected chi connectivity index (χ3v) is 6.99. The zero-order valence-electron chi connectivity index (χ0n) is 16.4. The van der Waals surface area contributed by atoms with Crippen LogP contribution in [0.4, 0.5) is 0 Å². The quantitative estimate of drug-likeness (QED) is 0.525. The SMILES string of the molecule is COc1c(C2CCNCC2)cc2ccccc2c1OS(=O)(=O)c1ccccc1Cl.Cl. The molecule has 1 N–H and O–H groups in total. The summed E-state index contributed by atoms with van der Waals surface area (Å²) in [6.07, 6.45) is 1.90. The number of piperidine rings is 1. The van der Waals surface area contributed by atoms with Crippen LogP contribution in [0.1, 0.15) is 24.3 Å². The van der Waals surface area contributed by atoms with Gasteiger partial charge in [-0.15, -0.1) is 12.4 Å². The molecule has 0 aliphatic carbocycles. The molecular formula is C22H23Cl2NO4S. The van der Waals surface area contributed by atoms with Gasteiger partial charge in [0.15, 0.2) is 11.5 Å². The van der Waals surface area contributed by atoms with Crippen molar-refractivity contribution in [3.63, 3.8) is 0 Å². The lowest BCUT2D eigenvalue weighted by molar-refractivity contribution is 0.375. The summed E-state index contributed by atoms with van der Waals surface area (Å²) in [5, 5.41) is 5.06. The molecule has 1 heterocycles. The van der Waals surface area contributed by atoms with Crippen molar-refractivity contribution in [1.29, 1.82) is 0 Å². The molecule has 0 amide bonds. The lowest BCUT2D eigenvalue weighted by atomic mass is 9.88. The average molecular weight is 468 g/mol. The number of ether oxygens (including phenoxy) is 1. The molecule has 30 heavy (non-hydrogen) atoms. The number of hydrogen-bond donors (Lipinski definition) is 1. The van der Waals surface area contributed by atoms with Crippen LogP contribution in [-0.4, -0.2) is 28.6 Å². The Morgan fingerprint density at radius 2 is 1.67 bits per heavy atom. The van der Waals surface area contributed by atoms with E-state index in [2.05, 4.69) is 11.4 Å². The zero-order chi connectivity index (χ0) is 20.4. The zero-order valence-corrected chi connectivity index (χ0v) is 18.8. The highest BCUT2D eigenvalue weighted by Crippen LogP contribution is 2.45. The van der Waals surface area contributed by atoms with Crippen LogP contribution in [0, 0.1) is 0 Å². The van der Waals surface area contributed by atoms with E-state index in [0.717, 1.165) is 36.9 Å². The fraction of sp³-hybridized carbons (Fsp3) is 0.273. The van der Waals surface area contributed by atoms with Crippen molar-refractivity contribution in [2.75, 3.05) is 20.2 Å². The molecule has 0 atom stereocenters. The number of methoxy groups -OCH3 is 1. The van der Waals surface area contributed by atoms with Crippen molar-refractivity contribution in [3.05, 3.63) is 65.2 Å². The van der Waals surface area contributed by atoms with E-state index in [4.69, 9.17) is 20.5 Å². The summed E-state index contributed by atoms with van der Waals surface area (Å²) < 4.78 is 37.5. The summed E-state index contributed by atoms with van der Waals surface area (Å²) in [5.74, 6) is 0.937. The number of halogens is 2. The number of rotatable bonds is 5. The second kappa shape index (κ2) is 9.43. The summed E-state index contributed by atoms with van der Waals surface area (Å²) >= 11 is 6.12. The first-order valence-corrected chi connectivity index (χ1v) is 11.3. The van der Waals surface area contributed by atoms with E-state index in [1.54, 1.807) is 19.2 Å². The topological polar surface area (TPSA) is 64.6 Å². The smallest absolute Gasteiger partial charge is 0.340 e. The van der Waals surface area contributed by atoms with Crippen LogP contribution in [-0.2, 0) is 10.1 Å². The van der Waals surface area contributed by atoms with Crippen molar-refractivity contribution >= 4 is 44.9 Å². The van der Waals surface area contributed by atoms with Gasteiger partial charge in [0.2, 0.25) is 0 Å². The normalized spacial score (nSPS) is 14.9. The van der Waals surface area contributed by atoms with Gasteiger partial charge in [-0.05, 0) is 55.4 Å². The molecule has 3 aromatic carbocycles. The van der Waals surface area contributed by atoms with Gasteiger partial charge in [-0.1, -0.05) is 48.0 Å². The molecule has 4 rings (SSSR count). The van der Waals surface area contributed by atoms with E-state index in [1.807, 2.05) is 24.3 Å². The summed E-state index contributed by atoms with van der Waals surface area (Å²) in [5.41, 5.74) is 0.969. The molecular weight excluding hydrogens is 445 g/mol. The van der Waals surface area contributed by atoms with Crippen LogP contribution in [0.15, 0.2) is 59.5 Å². The Labute approximate surface area is 187 Å². The Balaban J connectivity index is 0.00000256. The highest BCUT2D eigenvalue weighted by Gasteiger charge is 2.28. The monoisotopic (exact) mass is 467 g/mol. The molecule has 1 saturated heterocycles. The van der Waals surface area contributed by atoms with Gasteiger partial charge in [0.25, 0.3) is 0 Å². The standard InChI is InChI=1S/C22H22ClNO4S.ClH/c1-27-21-18(15-10-12-24-13-11-15)14-16-6-2-3-7-17(16)22(21)28-29(25,26)20-9-5-4-8-19(20)23;/h2-9,14-15,24H,10-13H2,1H3;1H. The van der Waals surface area contributed by atoms with Gasteiger partial charge < -0.3 is 14.2 Å². The third kappa shape index (κ3) is 4.37. The maximum atomic E-state index is 13.0. The van der Waals surface area contributed by atoms with Crippen LogP contribution >= 0.6 is 24.0 Å². The molecule has 0 saturated carbocycles. The number of hydrogen-bond acceptors (Lipinski definition) is 5. The minimum absolute atomic E-state index is 0. The Morgan fingerprint density at radius 1 is 1.00 bits per heavy atom. The molecule has 0 bridgehead atoms. The predicted octanol–water partition coefficient (Wildman–Crippen LogP) is 5.16. The van der Waals surface area contributed by atoms with E-state index in [-0.39, 0.29) is 34.0 Å². The molecule has 0 radical (unpaired) electrons. The van der Waals surface area contributed by atoms with Crippen molar-refractivity contribution in [2.45, 2.75) is 23.7 Å². The lowest BCUT2D eigenvalue weighted by Gasteiger charge is -2.26. The molecule has 1 fully saturated rings. The molecule has 5 nitrogen and oxygen atoms in total. The average Bonchev–Trinajstić information content (AvgIpc) is 2.74. The predicted molar refractivity (Wildman–Crippen MR) is 122 cm³/mol. The maximum Gasteiger partial charge on any atom is 0.340 e. The molecule has 0 aromatic heterocycles. The van der Waals surface area contributed by atoms with Crippen molar-refractivity contribution in [1.82, 2.24) is 5.32 Å². The molecule has 0 spiro atoms. The van der Waals surface area contributed by atoms with Gasteiger partial charge >= 0.3 is 10.1 Å². The lowest BCUT2D eigenvalue weighted by Crippen LogP contribution is -2.27. The minimum atomic E-state index is -4.14. The summed E-state index contributed by atoms with van der Waals surface area (Å²) in [4.78, 5) is -0.0694. The van der Waals surface area contributed by atoms with Gasteiger partial charge in [-0.25, -0.2) is 0 Å². The second-order valence-electron chi connectivity index (χ2n) is 7.04. The Hall–Kier alpha value is -1.99. The molecule has 1 aliphatic rings. The molecule has 0 unspecified atom stereocenters. The fourth-order valence-corrected chi connectivity index (χ4v) is 5.29. The first-order valence-electron chi connectivity index (χ1n) is 9.50. The number of benzene rings is 3. The summed E-state index contributed by atoms with van der Waals surface area (Å²) in [6.45, 7) is 1.82. The van der Waals surface area contributed by atoms with E-state index in [9.17, 15) is 8.42 Å². The van der Waals surface area contributed by atoms with Crippen LogP contribution in [0.2, 0.25) is 5.02 Å². The Morgan fingerprint density at radius 3 is 2.37 bits per heavy atom. The van der Waals surface area contributed by atoms with Crippen molar-refractivity contribution < 1.29 is 17.3 Å². The highest BCUT2D eigenvalue weighted by atomic mass is 35.5. The first-order chi connectivity index (χ1) is 14.0. The first kappa shape index (κ1) is 22.7. The molecule has 160 valence electrons. The van der Waals surface area contributed by atoms with E-state index in [1.165, 1.54) is 12.1 Å². The van der Waals surface area contributed by atoms with Crippen LogP contribution < -0.4 is 14.2 Å². The summed E-state index contributed by atoms with van der Waals surface area (Å²) in [6, 6.07) is 15.9. The Kier molecular flexibility index (Phi) is 7.14. The number of fused-ring (bicyclic) bond motifs is 1. The van der Waals surface area contributed by atoms with Crippen molar-refractivity contribution in [2.24, 2.45) is 0 Å². The summed E-state index contributed by atoms with van der Waals surface area (Å²) in [7, 11) is -2.59. The molecule has 3 aromatic rings. The number of nitrogens with one attached hydrogen (secondary N) is 1. The molecule has 8 heteroatoms. The maximum absolute atomic E-state index is 13.0. The third-order valence-electron chi connectivity index (χ3n) is 5.27. The largest absolute Gasteiger partial charge is 0.492 e. The van der Waals surface area contributed by atoms with E-state index in [0.29, 0.717) is 11.1 Å². The van der Waals surface area contributed by atoms with E-state index >= 15 is 0 Å². The van der Waals surface area contributed by atoms with E-state index < -0.39 is 10.1 Å². The minimum Gasteiger partial charge on any atom is -0.492 e. The fourth-order valence-electron chi connectivity index (χ4n) is 3.85. The Bertz CT molecular complexity index is 1150. The van der Waals surface area contributed by atoms with Crippen molar-refractivity contribution in [3.8, 4) is 11.5 Å². The molecule has 1 aliphatic heterocycles. The highest BCUT2D eigenvalue weighted by molar-refractivity contribution is 7.87. The van der Waals surface area contributed by atoms with Gasteiger partial charge in [0.05, 0.1) is 12.1 Å².